The van der Waals surface area contributed by atoms with E-state index >= 15 is 0 Å². The Morgan fingerprint density at radius 3 is 2.52 bits per heavy atom. The highest BCUT2D eigenvalue weighted by Crippen LogP contribution is 2.46. The molecule has 158 valence electrons. The van der Waals surface area contributed by atoms with Crippen molar-refractivity contribution < 1.29 is 9.59 Å². The minimum atomic E-state index is -0.510. The maximum Gasteiger partial charge on any atom is 0.350 e. The standard InChI is InChI=1S/C22H22N6O3/c1-25-21(30)28(13-24-25)16-7-5-14(6-8-16)18-12-19(18)27-10-9-26(22(27)31)17-4-2-3-15(11-17)20(23)29/h2-8,11,13,18-19H,9-10,12H2,1H3,(H2,23,29). The molecule has 9 nitrogen and oxygen atoms in total. The molecule has 3 aromatic rings. The van der Waals surface area contributed by atoms with Crippen molar-refractivity contribution in [3.63, 3.8) is 0 Å². The van der Waals surface area contributed by atoms with E-state index < -0.39 is 5.91 Å². The number of rotatable bonds is 5. The Bertz CT molecular complexity index is 1230. The molecule has 2 unspecified atom stereocenters. The molecule has 3 amide bonds. The molecular formula is C22H22N6O3. The number of hydrogen-bond acceptors (Lipinski definition) is 4. The Morgan fingerprint density at radius 1 is 1.06 bits per heavy atom. The first-order chi connectivity index (χ1) is 14.9. The number of hydrogen-bond donors (Lipinski definition) is 1. The zero-order chi connectivity index (χ0) is 21.7. The van der Waals surface area contributed by atoms with Crippen molar-refractivity contribution in [2.75, 3.05) is 18.0 Å². The first kappa shape index (κ1) is 19.1. The Labute approximate surface area is 178 Å². The lowest BCUT2D eigenvalue weighted by atomic mass is 10.1. The van der Waals surface area contributed by atoms with E-state index in [0.717, 1.165) is 17.7 Å². The molecule has 2 heterocycles. The van der Waals surface area contributed by atoms with Gasteiger partial charge in [-0.15, -0.1) is 0 Å². The van der Waals surface area contributed by atoms with Crippen molar-refractivity contribution >= 4 is 17.6 Å². The summed E-state index contributed by atoms with van der Waals surface area (Å²) < 4.78 is 2.78. The lowest BCUT2D eigenvalue weighted by Gasteiger charge is -2.19. The SMILES string of the molecule is Cn1ncn(-c2ccc(C3CC3N3CCN(c4cccc(C(N)=O)c4)C3=O)cc2)c1=O. The normalized spacial score (nSPS) is 20.4. The Morgan fingerprint density at radius 2 is 1.84 bits per heavy atom. The molecule has 1 saturated heterocycles. The predicted octanol–water partition coefficient (Wildman–Crippen LogP) is 1.47. The van der Waals surface area contributed by atoms with Crippen LogP contribution in [0.1, 0.15) is 28.3 Å². The van der Waals surface area contributed by atoms with Gasteiger partial charge in [-0.05, 0) is 42.3 Å². The molecule has 1 aromatic heterocycles. The van der Waals surface area contributed by atoms with Crippen molar-refractivity contribution in [3.8, 4) is 5.69 Å². The van der Waals surface area contributed by atoms with Gasteiger partial charge in [0.1, 0.15) is 6.33 Å². The van der Waals surface area contributed by atoms with Gasteiger partial charge in [0.05, 0.1) is 5.69 Å². The molecule has 0 radical (unpaired) electrons. The second-order valence-corrected chi connectivity index (χ2v) is 7.95. The van der Waals surface area contributed by atoms with Crippen LogP contribution in [0.3, 0.4) is 0 Å². The van der Waals surface area contributed by atoms with Crippen LogP contribution in [0.4, 0.5) is 10.5 Å². The van der Waals surface area contributed by atoms with E-state index in [1.165, 1.54) is 15.6 Å². The number of carbonyl (C=O) groups excluding carboxylic acids is 2. The van der Waals surface area contributed by atoms with Crippen LogP contribution in [0.2, 0.25) is 0 Å². The monoisotopic (exact) mass is 418 g/mol. The predicted molar refractivity (Wildman–Crippen MR) is 114 cm³/mol. The van der Waals surface area contributed by atoms with Gasteiger partial charge >= 0.3 is 11.7 Å². The largest absolute Gasteiger partial charge is 0.366 e. The van der Waals surface area contributed by atoms with Crippen LogP contribution in [0.15, 0.2) is 59.7 Å². The van der Waals surface area contributed by atoms with Crippen molar-refractivity contribution in [2.45, 2.75) is 18.4 Å². The summed E-state index contributed by atoms with van der Waals surface area (Å²) in [7, 11) is 1.61. The summed E-state index contributed by atoms with van der Waals surface area (Å²) in [5.41, 5.74) is 8.15. The summed E-state index contributed by atoms with van der Waals surface area (Å²) in [6, 6.07) is 14.8. The second kappa shape index (κ2) is 7.12. The van der Waals surface area contributed by atoms with Gasteiger partial charge in [-0.2, -0.15) is 5.10 Å². The third kappa shape index (κ3) is 3.27. The topological polar surface area (TPSA) is 106 Å². The minimum absolute atomic E-state index is 0.0485. The van der Waals surface area contributed by atoms with Crippen molar-refractivity contribution in [1.29, 1.82) is 0 Å². The molecule has 5 rings (SSSR count). The number of carbonyl (C=O) groups is 2. The van der Waals surface area contributed by atoms with E-state index in [1.807, 2.05) is 35.2 Å². The number of aryl methyl sites for hydroxylation is 1. The number of urea groups is 1. The van der Waals surface area contributed by atoms with E-state index in [2.05, 4.69) is 5.10 Å². The third-order valence-electron chi connectivity index (χ3n) is 6.06. The molecule has 1 aliphatic carbocycles. The first-order valence-corrected chi connectivity index (χ1v) is 10.1. The van der Waals surface area contributed by atoms with Crippen LogP contribution in [-0.4, -0.2) is 50.3 Å². The van der Waals surface area contributed by atoms with Crippen LogP contribution in [0, 0.1) is 0 Å². The summed E-state index contributed by atoms with van der Waals surface area (Å²) >= 11 is 0. The Kier molecular flexibility index (Phi) is 4.39. The number of anilines is 1. The minimum Gasteiger partial charge on any atom is -0.366 e. The van der Waals surface area contributed by atoms with Gasteiger partial charge in [0.2, 0.25) is 5.91 Å². The van der Waals surface area contributed by atoms with E-state index in [4.69, 9.17) is 5.73 Å². The summed E-state index contributed by atoms with van der Waals surface area (Å²) in [5, 5.41) is 3.97. The maximum atomic E-state index is 13.0. The van der Waals surface area contributed by atoms with Crippen LogP contribution in [-0.2, 0) is 7.05 Å². The van der Waals surface area contributed by atoms with Crippen molar-refractivity contribution in [2.24, 2.45) is 12.8 Å². The van der Waals surface area contributed by atoms with E-state index in [0.29, 0.717) is 24.3 Å². The second-order valence-electron chi connectivity index (χ2n) is 7.95. The van der Waals surface area contributed by atoms with E-state index in [-0.39, 0.29) is 23.7 Å². The quantitative estimate of drug-likeness (QED) is 0.677. The molecule has 1 saturated carbocycles. The fourth-order valence-corrected chi connectivity index (χ4v) is 4.26. The highest BCUT2D eigenvalue weighted by atomic mass is 16.2. The van der Waals surface area contributed by atoms with Gasteiger partial charge in [0.25, 0.3) is 0 Å². The van der Waals surface area contributed by atoms with Gasteiger partial charge in [-0.25, -0.2) is 18.8 Å². The number of benzene rings is 2. The number of amides is 3. The first-order valence-electron chi connectivity index (χ1n) is 10.1. The summed E-state index contributed by atoms with van der Waals surface area (Å²) in [6.07, 6.45) is 2.41. The van der Waals surface area contributed by atoms with Crippen molar-refractivity contribution in [1.82, 2.24) is 19.2 Å². The van der Waals surface area contributed by atoms with Crippen LogP contribution in [0.25, 0.3) is 5.69 Å². The molecule has 2 N–H and O–H groups in total. The molecule has 2 fully saturated rings. The summed E-state index contributed by atoms with van der Waals surface area (Å²) in [4.78, 5) is 40.1. The molecule has 0 bridgehead atoms. The van der Waals surface area contributed by atoms with Crippen LogP contribution < -0.4 is 16.3 Å². The van der Waals surface area contributed by atoms with E-state index in [1.54, 1.807) is 30.1 Å². The van der Waals surface area contributed by atoms with Crippen molar-refractivity contribution in [3.05, 3.63) is 76.5 Å². The molecular weight excluding hydrogens is 396 g/mol. The number of nitrogens with zero attached hydrogens (tertiary/aromatic N) is 5. The smallest absolute Gasteiger partial charge is 0.350 e. The third-order valence-corrected chi connectivity index (χ3v) is 6.06. The zero-order valence-corrected chi connectivity index (χ0v) is 17.0. The Hall–Kier alpha value is -3.88. The highest BCUT2D eigenvalue weighted by Gasteiger charge is 2.48. The lowest BCUT2D eigenvalue weighted by Crippen LogP contribution is -2.34. The number of nitrogens with two attached hydrogens (primary N) is 1. The van der Waals surface area contributed by atoms with Gasteiger partial charge in [-0.1, -0.05) is 18.2 Å². The fraction of sp³-hybridized carbons (Fsp3) is 0.273. The van der Waals surface area contributed by atoms with Gasteiger partial charge in [0, 0.05) is 43.3 Å². The Balaban J connectivity index is 1.29. The molecule has 0 spiro atoms. The van der Waals surface area contributed by atoms with Gasteiger partial charge < -0.3 is 10.6 Å². The number of primary amides is 1. The van der Waals surface area contributed by atoms with Gasteiger partial charge in [-0.3, -0.25) is 9.69 Å². The molecule has 31 heavy (non-hydrogen) atoms. The average Bonchev–Trinajstić information content (AvgIpc) is 3.37. The maximum absolute atomic E-state index is 13.0. The van der Waals surface area contributed by atoms with Crippen LogP contribution in [0.5, 0.6) is 0 Å². The van der Waals surface area contributed by atoms with Crippen LogP contribution >= 0.6 is 0 Å². The molecule has 2 aliphatic rings. The molecule has 9 heteroatoms. The average molecular weight is 418 g/mol. The summed E-state index contributed by atoms with van der Waals surface area (Å²) in [5.74, 6) is -0.231. The molecule has 2 aromatic carbocycles. The lowest BCUT2D eigenvalue weighted by molar-refractivity contribution is 0.1000. The molecule has 1 aliphatic heterocycles. The van der Waals surface area contributed by atoms with E-state index in [9.17, 15) is 14.4 Å². The summed E-state index contributed by atoms with van der Waals surface area (Å²) in [6.45, 7) is 1.22. The fourth-order valence-electron chi connectivity index (χ4n) is 4.26. The van der Waals surface area contributed by atoms with Gasteiger partial charge in [0.15, 0.2) is 0 Å². The molecule has 2 atom stereocenters. The number of aromatic nitrogens is 3. The zero-order valence-electron chi connectivity index (χ0n) is 17.0. The highest BCUT2D eigenvalue weighted by molar-refractivity contribution is 5.98.